The summed E-state index contributed by atoms with van der Waals surface area (Å²) in [6.07, 6.45) is 1.07. The molecule has 0 bridgehead atoms. The van der Waals surface area contributed by atoms with Gasteiger partial charge in [0, 0.05) is 6.04 Å². The highest BCUT2D eigenvalue weighted by atomic mass is 79.9. The summed E-state index contributed by atoms with van der Waals surface area (Å²) in [4.78, 5) is 2.21. The third-order valence-electron chi connectivity index (χ3n) is 2.65. The molecule has 0 saturated carbocycles. The number of ether oxygens (including phenoxy) is 1. The van der Waals surface area contributed by atoms with Crippen molar-refractivity contribution < 1.29 is 4.74 Å². The van der Waals surface area contributed by atoms with Crippen LogP contribution in [0.3, 0.4) is 0 Å². The van der Waals surface area contributed by atoms with Crippen LogP contribution in [0.15, 0.2) is 22.7 Å². The van der Waals surface area contributed by atoms with Crippen LogP contribution in [0.1, 0.15) is 5.56 Å². The van der Waals surface area contributed by atoms with Crippen molar-refractivity contribution in [1.29, 1.82) is 0 Å². The highest BCUT2D eigenvalue weighted by molar-refractivity contribution is 9.10. The van der Waals surface area contributed by atoms with Crippen molar-refractivity contribution in [2.24, 2.45) is 0 Å². The molecule has 0 amide bonds. The molecule has 76 valence electrons. The van der Waals surface area contributed by atoms with Gasteiger partial charge in [-0.1, -0.05) is 12.1 Å². The molecule has 0 N–H and O–H groups in total. The molecular weight excluding hydrogens is 242 g/mol. The number of hydrogen-bond acceptors (Lipinski definition) is 2. The zero-order valence-corrected chi connectivity index (χ0v) is 10.0. The summed E-state index contributed by atoms with van der Waals surface area (Å²) in [5.41, 5.74) is 1.30. The van der Waals surface area contributed by atoms with Crippen LogP contribution in [0.4, 0.5) is 0 Å². The normalized spacial score (nSPS) is 20.4. The van der Waals surface area contributed by atoms with Crippen molar-refractivity contribution in [3.63, 3.8) is 0 Å². The van der Waals surface area contributed by atoms with E-state index in [1.807, 2.05) is 6.07 Å². The Morgan fingerprint density at radius 1 is 1.43 bits per heavy atom. The summed E-state index contributed by atoms with van der Waals surface area (Å²) in [5.74, 6) is 1.02. The van der Waals surface area contributed by atoms with Crippen molar-refractivity contribution >= 4 is 15.9 Å². The second-order valence-electron chi connectivity index (χ2n) is 3.86. The van der Waals surface area contributed by atoms with E-state index in [-0.39, 0.29) is 0 Å². The fraction of sp³-hybridized carbons (Fsp3) is 0.455. The number of para-hydroxylation sites is 1. The molecule has 1 unspecified atom stereocenters. The Bertz CT molecular complexity index is 338. The minimum atomic E-state index is 0.497. The maximum atomic E-state index is 5.74. The molecule has 0 radical (unpaired) electrons. The molecule has 1 aromatic carbocycles. The van der Waals surface area contributed by atoms with Crippen LogP contribution in [0.5, 0.6) is 5.75 Å². The van der Waals surface area contributed by atoms with E-state index in [0.717, 1.165) is 23.2 Å². The van der Waals surface area contributed by atoms with Crippen molar-refractivity contribution in [1.82, 2.24) is 4.90 Å². The summed E-state index contributed by atoms with van der Waals surface area (Å²) in [5, 5.41) is 0. The predicted octanol–water partition coefficient (Wildman–Crippen LogP) is 2.31. The number of hydrogen-bond donors (Lipinski definition) is 0. The van der Waals surface area contributed by atoms with Crippen molar-refractivity contribution in [2.45, 2.75) is 12.5 Å². The van der Waals surface area contributed by atoms with Gasteiger partial charge in [-0.15, -0.1) is 0 Å². The van der Waals surface area contributed by atoms with Crippen LogP contribution in [0.25, 0.3) is 0 Å². The predicted molar refractivity (Wildman–Crippen MR) is 60.8 cm³/mol. The molecule has 3 heteroatoms. The van der Waals surface area contributed by atoms with Crippen LogP contribution in [-0.2, 0) is 6.42 Å². The fourth-order valence-electron chi connectivity index (χ4n) is 1.70. The molecule has 0 fully saturated rings. The molecule has 0 aliphatic carbocycles. The molecule has 0 spiro atoms. The van der Waals surface area contributed by atoms with Crippen molar-refractivity contribution in [2.75, 3.05) is 20.7 Å². The Labute approximate surface area is 93.0 Å². The number of rotatable bonds is 1. The summed E-state index contributed by atoms with van der Waals surface area (Å²) in [7, 11) is 4.19. The van der Waals surface area contributed by atoms with Gasteiger partial charge in [-0.3, -0.25) is 0 Å². The first-order valence-electron chi connectivity index (χ1n) is 4.75. The molecule has 2 rings (SSSR count). The average molecular weight is 256 g/mol. The quantitative estimate of drug-likeness (QED) is 0.764. The van der Waals surface area contributed by atoms with E-state index >= 15 is 0 Å². The number of fused-ring (bicyclic) bond motifs is 1. The van der Waals surface area contributed by atoms with Crippen LogP contribution < -0.4 is 4.74 Å². The van der Waals surface area contributed by atoms with E-state index < -0.39 is 0 Å². The topological polar surface area (TPSA) is 12.5 Å². The van der Waals surface area contributed by atoms with Gasteiger partial charge >= 0.3 is 0 Å². The molecule has 0 saturated heterocycles. The molecule has 1 aromatic rings. The Balaban J connectivity index is 2.27. The van der Waals surface area contributed by atoms with Crippen LogP contribution in [0.2, 0.25) is 0 Å². The molecular formula is C11H14BrNO. The Kier molecular flexibility index (Phi) is 2.79. The van der Waals surface area contributed by atoms with E-state index in [9.17, 15) is 0 Å². The number of nitrogens with zero attached hydrogens (tertiary/aromatic N) is 1. The molecule has 1 aliphatic rings. The Morgan fingerprint density at radius 2 is 2.21 bits per heavy atom. The third kappa shape index (κ3) is 1.79. The number of likely N-dealkylation sites (N-methyl/N-ethyl adjacent to an activating group) is 1. The zero-order chi connectivity index (χ0) is 10.1. The lowest BCUT2D eigenvalue weighted by atomic mass is 10.0. The third-order valence-corrected chi connectivity index (χ3v) is 3.28. The molecule has 1 heterocycles. The highest BCUT2D eigenvalue weighted by Gasteiger charge is 2.22. The van der Waals surface area contributed by atoms with E-state index in [1.165, 1.54) is 5.56 Å². The van der Waals surface area contributed by atoms with Crippen LogP contribution in [0, 0.1) is 0 Å². The van der Waals surface area contributed by atoms with Gasteiger partial charge in [0.1, 0.15) is 12.4 Å². The number of halogens is 1. The van der Waals surface area contributed by atoms with Crippen molar-refractivity contribution in [3.05, 3.63) is 28.2 Å². The minimum absolute atomic E-state index is 0.497. The van der Waals surface area contributed by atoms with Crippen LogP contribution in [-0.4, -0.2) is 31.6 Å². The summed E-state index contributed by atoms with van der Waals surface area (Å²) >= 11 is 3.50. The smallest absolute Gasteiger partial charge is 0.136 e. The SMILES string of the molecule is CN(C)C1COc2c(Br)cccc2C1. The monoisotopic (exact) mass is 255 g/mol. The second kappa shape index (κ2) is 3.91. The summed E-state index contributed by atoms with van der Waals surface area (Å²) in [6.45, 7) is 0.780. The number of benzene rings is 1. The molecule has 2 nitrogen and oxygen atoms in total. The molecule has 1 atom stereocenters. The van der Waals surface area contributed by atoms with Gasteiger partial charge < -0.3 is 9.64 Å². The summed E-state index contributed by atoms with van der Waals surface area (Å²) in [6, 6.07) is 6.71. The Morgan fingerprint density at radius 3 is 2.93 bits per heavy atom. The van der Waals surface area contributed by atoms with Crippen molar-refractivity contribution in [3.8, 4) is 5.75 Å². The van der Waals surface area contributed by atoms with Gasteiger partial charge in [0.2, 0.25) is 0 Å². The van der Waals surface area contributed by atoms with Gasteiger partial charge in [-0.05, 0) is 48.1 Å². The Hall–Kier alpha value is -0.540. The van der Waals surface area contributed by atoms with Gasteiger partial charge in [-0.25, -0.2) is 0 Å². The van der Waals surface area contributed by atoms with E-state index in [1.54, 1.807) is 0 Å². The fourth-order valence-corrected chi connectivity index (χ4v) is 2.22. The maximum Gasteiger partial charge on any atom is 0.136 e. The average Bonchev–Trinajstić information content (AvgIpc) is 2.17. The van der Waals surface area contributed by atoms with E-state index in [0.29, 0.717) is 6.04 Å². The van der Waals surface area contributed by atoms with Gasteiger partial charge in [0.25, 0.3) is 0 Å². The largest absolute Gasteiger partial charge is 0.490 e. The lowest BCUT2D eigenvalue weighted by molar-refractivity contribution is 0.164. The second-order valence-corrected chi connectivity index (χ2v) is 4.71. The van der Waals surface area contributed by atoms with Crippen LogP contribution >= 0.6 is 15.9 Å². The van der Waals surface area contributed by atoms with Gasteiger partial charge in [-0.2, -0.15) is 0 Å². The van der Waals surface area contributed by atoms with Gasteiger partial charge in [0.15, 0.2) is 0 Å². The minimum Gasteiger partial charge on any atom is -0.490 e. The maximum absolute atomic E-state index is 5.74. The standard InChI is InChI=1S/C11H14BrNO/c1-13(2)9-6-8-4-3-5-10(12)11(8)14-7-9/h3-5,9H,6-7H2,1-2H3. The van der Waals surface area contributed by atoms with Gasteiger partial charge in [0.05, 0.1) is 4.47 Å². The first-order chi connectivity index (χ1) is 6.68. The molecule has 0 aromatic heterocycles. The molecule has 1 aliphatic heterocycles. The van der Waals surface area contributed by atoms with E-state index in [2.05, 4.69) is 47.1 Å². The highest BCUT2D eigenvalue weighted by Crippen LogP contribution is 2.33. The lowest BCUT2D eigenvalue weighted by Crippen LogP contribution is -2.38. The lowest BCUT2D eigenvalue weighted by Gasteiger charge is -2.30. The summed E-state index contributed by atoms with van der Waals surface area (Å²) < 4.78 is 6.80. The van der Waals surface area contributed by atoms with E-state index in [4.69, 9.17) is 4.74 Å². The zero-order valence-electron chi connectivity index (χ0n) is 8.46. The first-order valence-corrected chi connectivity index (χ1v) is 5.54. The first kappa shape index (κ1) is 9.99. The molecule has 14 heavy (non-hydrogen) atoms.